The smallest absolute Gasteiger partial charge is 0.147 e. The van der Waals surface area contributed by atoms with Gasteiger partial charge in [-0.05, 0) is 30.9 Å². The molecule has 2 aromatic rings. The van der Waals surface area contributed by atoms with Crippen LogP contribution in [0.4, 0.5) is 10.8 Å². The topological polar surface area (TPSA) is 55.0 Å². The van der Waals surface area contributed by atoms with Crippen molar-refractivity contribution in [3.8, 4) is 11.1 Å². The van der Waals surface area contributed by atoms with E-state index in [4.69, 9.17) is 5.73 Å². The molecule has 0 saturated heterocycles. The SMILES string of the molecule is CCCCN(CC)c1snc(N)c1-c1cccnc1. The molecular formula is C14H20N4S. The van der Waals surface area contributed by atoms with Crippen molar-refractivity contribution in [2.45, 2.75) is 26.7 Å². The molecule has 0 aliphatic heterocycles. The summed E-state index contributed by atoms with van der Waals surface area (Å²) in [5.74, 6) is 0.600. The van der Waals surface area contributed by atoms with Gasteiger partial charge in [-0.1, -0.05) is 19.4 Å². The number of nitrogen functional groups attached to an aromatic ring is 1. The molecule has 0 aliphatic carbocycles. The minimum atomic E-state index is 0.600. The van der Waals surface area contributed by atoms with E-state index in [9.17, 15) is 0 Å². The summed E-state index contributed by atoms with van der Waals surface area (Å²) >= 11 is 1.48. The normalized spacial score (nSPS) is 10.6. The molecule has 2 N–H and O–H groups in total. The number of aromatic nitrogens is 2. The maximum Gasteiger partial charge on any atom is 0.147 e. The lowest BCUT2D eigenvalue weighted by Crippen LogP contribution is -2.23. The maximum absolute atomic E-state index is 6.04. The summed E-state index contributed by atoms with van der Waals surface area (Å²) in [5.41, 5.74) is 8.10. The van der Waals surface area contributed by atoms with E-state index in [1.54, 1.807) is 6.20 Å². The van der Waals surface area contributed by atoms with E-state index in [1.165, 1.54) is 24.4 Å². The van der Waals surface area contributed by atoms with Crippen LogP contribution in [-0.4, -0.2) is 22.4 Å². The first-order chi connectivity index (χ1) is 9.27. The highest BCUT2D eigenvalue weighted by Crippen LogP contribution is 2.38. The second-order valence-electron chi connectivity index (χ2n) is 4.42. The summed E-state index contributed by atoms with van der Waals surface area (Å²) in [4.78, 5) is 6.52. The van der Waals surface area contributed by atoms with Gasteiger partial charge in [0.2, 0.25) is 0 Å². The Morgan fingerprint density at radius 2 is 2.21 bits per heavy atom. The second kappa shape index (κ2) is 6.52. The van der Waals surface area contributed by atoms with Crippen molar-refractivity contribution in [2.75, 3.05) is 23.7 Å². The Balaban J connectivity index is 2.36. The highest BCUT2D eigenvalue weighted by Gasteiger charge is 2.18. The molecule has 0 aliphatic rings. The molecule has 0 amide bonds. The van der Waals surface area contributed by atoms with E-state index in [1.807, 2.05) is 18.3 Å². The molecule has 0 spiro atoms. The molecule has 2 aromatic heterocycles. The van der Waals surface area contributed by atoms with E-state index >= 15 is 0 Å². The first kappa shape index (κ1) is 13.8. The van der Waals surface area contributed by atoms with Crippen molar-refractivity contribution >= 4 is 22.4 Å². The Labute approximate surface area is 118 Å². The molecule has 4 nitrogen and oxygen atoms in total. The Morgan fingerprint density at radius 1 is 1.37 bits per heavy atom. The molecular weight excluding hydrogens is 256 g/mol. The van der Waals surface area contributed by atoms with Crippen LogP contribution in [0.3, 0.4) is 0 Å². The van der Waals surface area contributed by atoms with Crippen molar-refractivity contribution in [3.63, 3.8) is 0 Å². The van der Waals surface area contributed by atoms with Gasteiger partial charge in [0.05, 0.1) is 5.56 Å². The second-order valence-corrected chi connectivity index (χ2v) is 5.17. The Morgan fingerprint density at radius 3 is 2.84 bits per heavy atom. The summed E-state index contributed by atoms with van der Waals surface area (Å²) in [5, 5.41) is 1.15. The van der Waals surface area contributed by atoms with Gasteiger partial charge in [0, 0.05) is 31.0 Å². The molecule has 0 aromatic carbocycles. The van der Waals surface area contributed by atoms with Crippen LogP contribution >= 0.6 is 11.5 Å². The van der Waals surface area contributed by atoms with Gasteiger partial charge in [-0.15, -0.1) is 0 Å². The van der Waals surface area contributed by atoms with Crippen molar-refractivity contribution < 1.29 is 0 Å². The fourth-order valence-corrected chi connectivity index (χ4v) is 2.97. The van der Waals surface area contributed by atoms with Gasteiger partial charge in [-0.3, -0.25) is 4.98 Å². The van der Waals surface area contributed by atoms with Gasteiger partial charge in [0.25, 0.3) is 0 Å². The molecule has 0 fully saturated rings. The van der Waals surface area contributed by atoms with Crippen LogP contribution < -0.4 is 10.6 Å². The molecule has 0 unspecified atom stereocenters. The number of unbranched alkanes of at least 4 members (excludes halogenated alkanes) is 1. The highest BCUT2D eigenvalue weighted by atomic mass is 32.1. The number of nitrogens with zero attached hydrogens (tertiary/aromatic N) is 3. The molecule has 0 atom stereocenters. The number of hydrogen-bond donors (Lipinski definition) is 1. The minimum absolute atomic E-state index is 0.600. The van der Waals surface area contributed by atoms with Crippen LogP contribution in [0.15, 0.2) is 24.5 Å². The quantitative estimate of drug-likeness (QED) is 0.878. The monoisotopic (exact) mass is 276 g/mol. The van der Waals surface area contributed by atoms with Crippen LogP contribution in [-0.2, 0) is 0 Å². The zero-order chi connectivity index (χ0) is 13.7. The van der Waals surface area contributed by atoms with Crippen molar-refractivity contribution in [1.29, 1.82) is 0 Å². The van der Waals surface area contributed by atoms with Crippen LogP contribution in [0.25, 0.3) is 11.1 Å². The third-order valence-electron chi connectivity index (χ3n) is 3.10. The van der Waals surface area contributed by atoms with Crippen LogP contribution in [0.2, 0.25) is 0 Å². The third kappa shape index (κ3) is 3.04. The Hall–Kier alpha value is -1.62. The molecule has 2 rings (SSSR count). The predicted octanol–water partition coefficient (Wildman–Crippen LogP) is 3.41. The summed E-state index contributed by atoms with van der Waals surface area (Å²) in [6, 6.07) is 3.96. The molecule has 19 heavy (non-hydrogen) atoms. The summed E-state index contributed by atoms with van der Waals surface area (Å²) in [7, 11) is 0. The third-order valence-corrected chi connectivity index (χ3v) is 4.02. The molecule has 5 heteroatoms. The van der Waals surface area contributed by atoms with Crippen molar-refractivity contribution in [1.82, 2.24) is 9.36 Å². The zero-order valence-electron chi connectivity index (χ0n) is 11.5. The Kier molecular flexibility index (Phi) is 4.74. The summed E-state index contributed by atoms with van der Waals surface area (Å²) in [6.45, 7) is 6.38. The van der Waals surface area contributed by atoms with Gasteiger partial charge in [0.15, 0.2) is 0 Å². The lowest BCUT2D eigenvalue weighted by molar-refractivity contribution is 0.737. The van der Waals surface area contributed by atoms with E-state index < -0.39 is 0 Å². The predicted molar refractivity (Wildman–Crippen MR) is 82.6 cm³/mol. The summed E-state index contributed by atoms with van der Waals surface area (Å²) < 4.78 is 4.32. The molecule has 0 bridgehead atoms. The number of pyridine rings is 1. The van der Waals surface area contributed by atoms with Gasteiger partial charge in [-0.25, -0.2) is 0 Å². The first-order valence-electron chi connectivity index (χ1n) is 6.68. The number of anilines is 2. The number of rotatable bonds is 6. The van der Waals surface area contributed by atoms with Crippen molar-refractivity contribution in [2.24, 2.45) is 0 Å². The van der Waals surface area contributed by atoms with E-state index in [0.29, 0.717) is 5.82 Å². The van der Waals surface area contributed by atoms with E-state index in [-0.39, 0.29) is 0 Å². The van der Waals surface area contributed by atoms with Gasteiger partial charge in [0.1, 0.15) is 10.8 Å². The lowest BCUT2D eigenvalue weighted by atomic mass is 10.1. The maximum atomic E-state index is 6.04. The fourth-order valence-electron chi connectivity index (χ4n) is 2.04. The van der Waals surface area contributed by atoms with Gasteiger partial charge < -0.3 is 10.6 Å². The molecule has 0 radical (unpaired) electrons. The molecule has 2 heterocycles. The summed E-state index contributed by atoms with van der Waals surface area (Å²) in [6.07, 6.45) is 5.98. The first-order valence-corrected chi connectivity index (χ1v) is 7.45. The van der Waals surface area contributed by atoms with Crippen LogP contribution in [0.1, 0.15) is 26.7 Å². The lowest BCUT2D eigenvalue weighted by Gasteiger charge is -2.22. The van der Waals surface area contributed by atoms with Crippen LogP contribution in [0.5, 0.6) is 0 Å². The largest absolute Gasteiger partial charge is 0.382 e. The number of nitrogens with two attached hydrogens (primary N) is 1. The number of hydrogen-bond acceptors (Lipinski definition) is 5. The molecule has 102 valence electrons. The Bertz CT molecular complexity index is 509. The van der Waals surface area contributed by atoms with E-state index in [0.717, 1.165) is 29.2 Å². The highest BCUT2D eigenvalue weighted by molar-refractivity contribution is 7.11. The van der Waals surface area contributed by atoms with Gasteiger partial charge >= 0.3 is 0 Å². The average Bonchev–Trinajstić information content (AvgIpc) is 2.83. The minimum Gasteiger partial charge on any atom is -0.382 e. The fraction of sp³-hybridized carbons (Fsp3) is 0.429. The average molecular weight is 276 g/mol. The van der Waals surface area contributed by atoms with Gasteiger partial charge in [-0.2, -0.15) is 4.37 Å². The molecule has 0 saturated carbocycles. The standard InChI is InChI=1S/C14H20N4S/c1-3-5-9-18(4-2)14-12(13(15)17-19-14)11-7-6-8-16-10-11/h6-8,10H,3-5,9H2,1-2H3,(H2,15,17). The van der Waals surface area contributed by atoms with Crippen molar-refractivity contribution in [3.05, 3.63) is 24.5 Å². The zero-order valence-corrected chi connectivity index (χ0v) is 12.3. The van der Waals surface area contributed by atoms with Crippen LogP contribution in [0, 0.1) is 0 Å². The van der Waals surface area contributed by atoms with E-state index in [2.05, 4.69) is 28.1 Å².